The molecule has 0 fully saturated rings. The Kier molecular flexibility index (Phi) is 4.80. The van der Waals surface area contributed by atoms with Crippen LogP contribution < -0.4 is 11.1 Å². The minimum Gasteiger partial charge on any atom is -0.385 e. The van der Waals surface area contributed by atoms with Crippen molar-refractivity contribution >= 4 is 22.7 Å². The van der Waals surface area contributed by atoms with Gasteiger partial charge >= 0.3 is 6.18 Å². The summed E-state index contributed by atoms with van der Waals surface area (Å²) in [6.07, 6.45) is 3.03. The zero-order chi connectivity index (χ0) is 19.6. The smallest absolute Gasteiger partial charge is 0.385 e. The summed E-state index contributed by atoms with van der Waals surface area (Å²) >= 11 is 0. The Morgan fingerprint density at radius 3 is 2.63 bits per heavy atom. The Balaban J connectivity index is 1.71. The number of fused-ring (bicyclic) bond motifs is 1. The van der Waals surface area contributed by atoms with Crippen LogP contribution in [-0.4, -0.2) is 31.8 Å². The van der Waals surface area contributed by atoms with E-state index in [0.717, 1.165) is 27.7 Å². The number of nitrogens with two attached hydrogens (primary N) is 1. The third-order valence-corrected chi connectivity index (χ3v) is 3.71. The van der Waals surface area contributed by atoms with E-state index in [1.54, 1.807) is 18.6 Å². The van der Waals surface area contributed by atoms with E-state index in [4.69, 9.17) is 11.1 Å². The molecule has 0 saturated heterocycles. The lowest BCUT2D eigenvalue weighted by atomic mass is 10.1. The van der Waals surface area contributed by atoms with Crippen molar-refractivity contribution in [3.05, 3.63) is 59.4 Å². The second-order valence-corrected chi connectivity index (χ2v) is 5.95. The molecular formula is C17H16F3N7. The fourth-order valence-electron chi connectivity index (χ4n) is 2.44. The van der Waals surface area contributed by atoms with Crippen LogP contribution in [0.15, 0.2) is 42.8 Å². The van der Waals surface area contributed by atoms with Crippen LogP contribution in [0.25, 0.3) is 11.0 Å². The molecule has 0 aliphatic carbocycles. The summed E-state index contributed by atoms with van der Waals surface area (Å²) in [5, 5.41) is 10.3. The number of pyridine rings is 1. The first-order chi connectivity index (χ1) is 12.7. The molecule has 0 radical (unpaired) electrons. The third kappa shape index (κ3) is 4.40. The van der Waals surface area contributed by atoms with E-state index in [1.807, 2.05) is 19.2 Å². The standard InChI is InChI=1S/C17H16F3N7/c1-9-2-12-11(8-24-15(12)23-5-9)3-10-6-25-16(26-7-10)27-14(22)4-13(21)17(18,19)20/h2,4-8,21H,3,22H2,1H3,(H,23,24)(H,25,26,27)/b14-4+,21-13?. The van der Waals surface area contributed by atoms with E-state index >= 15 is 0 Å². The van der Waals surface area contributed by atoms with E-state index in [2.05, 4.69) is 25.3 Å². The van der Waals surface area contributed by atoms with Gasteiger partial charge in [-0.2, -0.15) is 13.2 Å². The molecule has 0 bridgehead atoms. The van der Waals surface area contributed by atoms with Crippen LogP contribution in [0, 0.1) is 12.3 Å². The number of aryl methyl sites for hydroxylation is 1. The minimum absolute atomic E-state index is 0.0407. The van der Waals surface area contributed by atoms with Crippen LogP contribution in [0.2, 0.25) is 0 Å². The van der Waals surface area contributed by atoms with E-state index in [1.165, 1.54) is 0 Å². The molecule has 0 aromatic carbocycles. The summed E-state index contributed by atoms with van der Waals surface area (Å²) in [4.78, 5) is 15.5. The molecule has 3 heterocycles. The lowest BCUT2D eigenvalue weighted by Crippen LogP contribution is -2.23. The first-order valence-electron chi connectivity index (χ1n) is 7.86. The monoisotopic (exact) mass is 375 g/mol. The molecule has 0 amide bonds. The highest BCUT2D eigenvalue weighted by atomic mass is 19.4. The van der Waals surface area contributed by atoms with E-state index in [9.17, 15) is 13.2 Å². The van der Waals surface area contributed by atoms with Gasteiger partial charge in [0.05, 0.1) is 0 Å². The van der Waals surface area contributed by atoms with Gasteiger partial charge in [0.2, 0.25) is 5.95 Å². The minimum atomic E-state index is -4.76. The summed E-state index contributed by atoms with van der Waals surface area (Å²) in [6.45, 7) is 1.96. The molecule has 140 valence electrons. The molecule has 0 atom stereocenters. The van der Waals surface area contributed by atoms with E-state index in [-0.39, 0.29) is 11.8 Å². The van der Waals surface area contributed by atoms with Gasteiger partial charge in [0.15, 0.2) is 0 Å². The Morgan fingerprint density at radius 2 is 1.96 bits per heavy atom. The van der Waals surface area contributed by atoms with Crippen LogP contribution in [-0.2, 0) is 6.42 Å². The van der Waals surface area contributed by atoms with Crippen molar-refractivity contribution in [3.8, 4) is 0 Å². The second kappa shape index (κ2) is 7.06. The average Bonchev–Trinajstić information content (AvgIpc) is 2.98. The number of aromatic amines is 1. The van der Waals surface area contributed by atoms with Crippen molar-refractivity contribution in [2.45, 2.75) is 19.5 Å². The maximum Gasteiger partial charge on any atom is 0.432 e. The maximum absolute atomic E-state index is 12.3. The zero-order valence-electron chi connectivity index (χ0n) is 14.2. The molecular weight excluding hydrogens is 359 g/mol. The van der Waals surface area contributed by atoms with E-state index in [0.29, 0.717) is 12.5 Å². The highest BCUT2D eigenvalue weighted by Crippen LogP contribution is 2.20. The fourth-order valence-corrected chi connectivity index (χ4v) is 2.44. The van der Waals surface area contributed by atoms with Crippen molar-refractivity contribution in [1.29, 1.82) is 5.41 Å². The van der Waals surface area contributed by atoms with Gasteiger partial charge in [-0.15, -0.1) is 0 Å². The highest BCUT2D eigenvalue weighted by molar-refractivity contribution is 5.97. The van der Waals surface area contributed by atoms with Crippen LogP contribution in [0.3, 0.4) is 0 Å². The number of aromatic nitrogens is 4. The quantitative estimate of drug-likeness (QED) is 0.512. The molecule has 10 heteroatoms. The number of anilines is 1. The summed E-state index contributed by atoms with van der Waals surface area (Å²) in [5.41, 5.74) is 7.57. The first kappa shape index (κ1) is 18.4. The summed E-state index contributed by atoms with van der Waals surface area (Å²) in [5.74, 6) is -0.331. The van der Waals surface area contributed by atoms with Crippen molar-refractivity contribution in [1.82, 2.24) is 19.9 Å². The Hall–Kier alpha value is -3.43. The van der Waals surface area contributed by atoms with Gasteiger partial charge in [0.1, 0.15) is 17.2 Å². The topological polar surface area (TPSA) is 116 Å². The number of allylic oxidation sites excluding steroid dienone is 1. The first-order valence-corrected chi connectivity index (χ1v) is 7.86. The van der Waals surface area contributed by atoms with Crippen LogP contribution >= 0.6 is 0 Å². The average molecular weight is 375 g/mol. The van der Waals surface area contributed by atoms with Gasteiger partial charge < -0.3 is 16.0 Å². The number of alkyl halides is 3. The van der Waals surface area contributed by atoms with Crippen molar-refractivity contribution < 1.29 is 13.2 Å². The molecule has 0 saturated carbocycles. The van der Waals surface area contributed by atoms with Crippen LogP contribution in [0.1, 0.15) is 16.7 Å². The van der Waals surface area contributed by atoms with Crippen molar-refractivity contribution in [3.63, 3.8) is 0 Å². The van der Waals surface area contributed by atoms with Gasteiger partial charge in [-0.1, -0.05) is 0 Å². The number of rotatable bonds is 5. The largest absolute Gasteiger partial charge is 0.432 e. The van der Waals surface area contributed by atoms with Crippen molar-refractivity contribution in [2.75, 3.05) is 5.32 Å². The molecule has 0 spiro atoms. The predicted molar refractivity (Wildman–Crippen MR) is 95.3 cm³/mol. The van der Waals surface area contributed by atoms with E-state index < -0.39 is 11.9 Å². The maximum atomic E-state index is 12.3. The van der Waals surface area contributed by atoms with Gasteiger partial charge in [0.25, 0.3) is 0 Å². The van der Waals surface area contributed by atoms with Crippen LogP contribution in [0.4, 0.5) is 19.1 Å². The lowest BCUT2D eigenvalue weighted by molar-refractivity contribution is -0.0584. The lowest BCUT2D eigenvalue weighted by Gasteiger charge is -2.08. The van der Waals surface area contributed by atoms with Gasteiger partial charge in [-0.3, -0.25) is 5.41 Å². The summed E-state index contributed by atoms with van der Waals surface area (Å²) < 4.78 is 37.0. The summed E-state index contributed by atoms with van der Waals surface area (Å²) in [6, 6.07) is 2.03. The number of hydrogen-bond acceptors (Lipinski definition) is 6. The highest BCUT2D eigenvalue weighted by Gasteiger charge is 2.32. The molecule has 0 aliphatic rings. The van der Waals surface area contributed by atoms with Gasteiger partial charge in [-0.05, 0) is 29.7 Å². The van der Waals surface area contributed by atoms with Crippen LogP contribution in [0.5, 0.6) is 0 Å². The van der Waals surface area contributed by atoms with Gasteiger partial charge in [0, 0.05) is 42.7 Å². The molecule has 27 heavy (non-hydrogen) atoms. The number of H-pyrrole nitrogens is 1. The third-order valence-electron chi connectivity index (χ3n) is 3.71. The molecule has 3 aromatic heterocycles. The Morgan fingerprint density at radius 1 is 1.26 bits per heavy atom. The fraction of sp³-hybridized carbons (Fsp3) is 0.176. The predicted octanol–water partition coefficient (Wildman–Crippen LogP) is 3.05. The zero-order valence-corrected chi connectivity index (χ0v) is 14.2. The number of nitrogens with zero attached hydrogens (tertiary/aromatic N) is 3. The Labute approximate surface area is 152 Å². The SMILES string of the molecule is Cc1cnc2[nH]cc(Cc3cnc(N/C(N)=C/C(=N)C(F)(F)F)nc3)c2c1. The van der Waals surface area contributed by atoms with Gasteiger partial charge in [-0.25, -0.2) is 15.0 Å². The molecule has 7 nitrogen and oxygen atoms in total. The normalized spacial score (nSPS) is 12.4. The molecule has 3 aromatic rings. The second-order valence-electron chi connectivity index (χ2n) is 5.95. The molecule has 0 unspecified atom stereocenters. The molecule has 5 N–H and O–H groups in total. The molecule has 3 rings (SSSR count). The number of hydrogen-bond donors (Lipinski definition) is 4. The van der Waals surface area contributed by atoms with Crippen molar-refractivity contribution in [2.24, 2.45) is 5.73 Å². The molecule has 0 aliphatic heterocycles. The number of nitrogens with one attached hydrogen (secondary N) is 3. The summed E-state index contributed by atoms with van der Waals surface area (Å²) in [7, 11) is 0. The number of halogens is 3. The Bertz CT molecular complexity index is 1000.